The van der Waals surface area contributed by atoms with Crippen molar-refractivity contribution in [2.45, 2.75) is 58.0 Å². The average Bonchev–Trinajstić information content (AvgIpc) is 2.82. The molecule has 0 heterocycles. The van der Waals surface area contributed by atoms with Gasteiger partial charge in [-0.2, -0.15) is 0 Å². The van der Waals surface area contributed by atoms with Gasteiger partial charge in [-0.25, -0.2) is 0 Å². The van der Waals surface area contributed by atoms with E-state index in [9.17, 15) is 5.11 Å². The maximum Gasteiger partial charge on any atom is 0.0796 e. The number of aliphatic hydroxyl groups is 1. The first-order valence-electron chi connectivity index (χ1n) is 6.54. The highest BCUT2D eigenvalue weighted by Crippen LogP contribution is 2.41. The van der Waals surface area contributed by atoms with Crippen molar-refractivity contribution >= 4 is 0 Å². The summed E-state index contributed by atoms with van der Waals surface area (Å²) in [6.07, 6.45) is 5.59. The lowest BCUT2D eigenvalue weighted by molar-refractivity contribution is 0.180. The zero-order valence-electron chi connectivity index (χ0n) is 10.2. The smallest absolute Gasteiger partial charge is 0.0796 e. The molecule has 2 aliphatic rings. The van der Waals surface area contributed by atoms with Gasteiger partial charge in [0, 0.05) is 0 Å². The first-order chi connectivity index (χ1) is 7.68. The van der Waals surface area contributed by atoms with Crippen LogP contribution >= 0.6 is 0 Å². The lowest BCUT2D eigenvalue weighted by atomic mass is 9.87. The second-order valence-electron chi connectivity index (χ2n) is 5.56. The molecule has 0 unspecified atom stereocenters. The van der Waals surface area contributed by atoms with E-state index in [0.717, 1.165) is 12.8 Å². The van der Waals surface area contributed by atoms with E-state index in [1.807, 2.05) is 0 Å². The van der Waals surface area contributed by atoms with Gasteiger partial charge in [-0.15, -0.1) is 0 Å². The van der Waals surface area contributed by atoms with E-state index in [-0.39, 0.29) is 6.10 Å². The van der Waals surface area contributed by atoms with Crippen LogP contribution in [0, 0.1) is 0 Å². The van der Waals surface area contributed by atoms with Crippen molar-refractivity contribution < 1.29 is 5.11 Å². The Morgan fingerprint density at radius 2 is 2.00 bits per heavy atom. The molecule has 0 fully saturated rings. The van der Waals surface area contributed by atoms with E-state index >= 15 is 0 Å². The minimum atomic E-state index is -0.196. The van der Waals surface area contributed by atoms with Crippen LogP contribution in [0.5, 0.6) is 0 Å². The van der Waals surface area contributed by atoms with Crippen LogP contribution < -0.4 is 0 Å². The first-order valence-corrected chi connectivity index (χ1v) is 6.54. The standard InChI is InChI=1S/C15H20O/c1-9(2)15-11-5-3-4-10(11)8-13-12(15)6-7-14(13)16/h8-9,14,16H,3-7H2,1-2H3/t14-/m0/s1. The van der Waals surface area contributed by atoms with Crippen molar-refractivity contribution in [2.75, 3.05) is 0 Å². The maximum absolute atomic E-state index is 10.0. The topological polar surface area (TPSA) is 20.2 Å². The third kappa shape index (κ3) is 1.34. The maximum atomic E-state index is 10.0. The van der Waals surface area contributed by atoms with E-state index < -0.39 is 0 Å². The number of aliphatic hydroxyl groups excluding tert-OH is 1. The van der Waals surface area contributed by atoms with Gasteiger partial charge in [0.05, 0.1) is 6.10 Å². The first kappa shape index (κ1) is 10.3. The van der Waals surface area contributed by atoms with Crippen LogP contribution in [0.2, 0.25) is 0 Å². The molecule has 0 saturated heterocycles. The number of rotatable bonds is 1. The molecule has 1 aromatic carbocycles. The molecular weight excluding hydrogens is 196 g/mol. The molecule has 0 aromatic heterocycles. The van der Waals surface area contributed by atoms with Crippen LogP contribution in [-0.2, 0) is 19.3 Å². The molecule has 0 spiro atoms. The molecule has 1 N–H and O–H groups in total. The van der Waals surface area contributed by atoms with Crippen LogP contribution in [0.1, 0.15) is 66.5 Å². The Morgan fingerprint density at radius 1 is 1.19 bits per heavy atom. The van der Waals surface area contributed by atoms with E-state index in [2.05, 4.69) is 19.9 Å². The predicted molar refractivity (Wildman–Crippen MR) is 65.8 cm³/mol. The largest absolute Gasteiger partial charge is 0.388 e. The second kappa shape index (κ2) is 3.59. The summed E-state index contributed by atoms with van der Waals surface area (Å²) in [5.41, 5.74) is 7.42. The van der Waals surface area contributed by atoms with Crippen molar-refractivity contribution in [1.29, 1.82) is 0 Å². The fourth-order valence-electron chi connectivity index (χ4n) is 3.56. The van der Waals surface area contributed by atoms with Crippen LogP contribution in [0.15, 0.2) is 6.07 Å². The number of aryl methyl sites for hydroxylation is 1. The second-order valence-corrected chi connectivity index (χ2v) is 5.56. The van der Waals surface area contributed by atoms with Crippen molar-refractivity contribution in [3.63, 3.8) is 0 Å². The molecule has 3 rings (SSSR count). The Labute approximate surface area is 97.5 Å². The predicted octanol–water partition coefficient (Wildman–Crippen LogP) is 3.28. The van der Waals surface area contributed by atoms with Gasteiger partial charge in [0.15, 0.2) is 0 Å². The minimum absolute atomic E-state index is 0.196. The van der Waals surface area contributed by atoms with Gasteiger partial charge in [0.1, 0.15) is 0 Å². The monoisotopic (exact) mass is 216 g/mol. The summed E-state index contributed by atoms with van der Waals surface area (Å²) < 4.78 is 0. The van der Waals surface area contributed by atoms with Gasteiger partial charge in [-0.1, -0.05) is 19.9 Å². The van der Waals surface area contributed by atoms with Gasteiger partial charge in [-0.05, 0) is 65.8 Å². The van der Waals surface area contributed by atoms with Gasteiger partial charge in [0.2, 0.25) is 0 Å². The summed E-state index contributed by atoms with van der Waals surface area (Å²) in [5.74, 6) is 0.604. The number of fused-ring (bicyclic) bond motifs is 2. The molecule has 1 atom stereocenters. The average molecular weight is 216 g/mol. The Hall–Kier alpha value is -0.820. The van der Waals surface area contributed by atoms with Crippen LogP contribution in [0.25, 0.3) is 0 Å². The number of benzene rings is 1. The molecule has 1 heteroatoms. The molecule has 86 valence electrons. The minimum Gasteiger partial charge on any atom is -0.388 e. The van der Waals surface area contributed by atoms with Crippen molar-refractivity contribution in [2.24, 2.45) is 0 Å². The zero-order valence-corrected chi connectivity index (χ0v) is 10.2. The lowest BCUT2D eigenvalue weighted by Crippen LogP contribution is -2.03. The van der Waals surface area contributed by atoms with E-state index in [0.29, 0.717) is 5.92 Å². The molecule has 0 amide bonds. The summed E-state index contributed by atoms with van der Waals surface area (Å²) in [6.45, 7) is 4.58. The van der Waals surface area contributed by atoms with E-state index in [1.54, 1.807) is 11.1 Å². The zero-order chi connectivity index (χ0) is 11.3. The third-order valence-corrected chi connectivity index (χ3v) is 4.19. The Balaban J connectivity index is 2.25. The van der Waals surface area contributed by atoms with Gasteiger partial charge >= 0.3 is 0 Å². The molecule has 0 saturated carbocycles. The van der Waals surface area contributed by atoms with E-state index in [4.69, 9.17) is 0 Å². The van der Waals surface area contributed by atoms with Crippen molar-refractivity contribution in [1.82, 2.24) is 0 Å². The number of hydrogen-bond acceptors (Lipinski definition) is 1. The summed E-state index contributed by atoms with van der Waals surface area (Å²) in [7, 11) is 0. The lowest BCUT2D eigenvalue weighted by Gasteiger charge is -2.18. The molecule has 0 aliphatic heterocycles. The highest BCUT2D eigenvalue weighted by atomic mass is 16.3. The molecule has 0 radical (unpaired) electrons. The molecule has 1 nitrogen and oxygen atoms in total. The SMILES string of the molecule is CC(C)c1c2c(cc3c1CC[C@@H]3O)CCC2. The quantitative estimate of drug-likeness (QED) is 0.764. The van der Waals surface area contributed by atoms with Crippen LogP contribution in [-0.4, -0.2) is 5.11 Å². The molecule has 0 bridgehead atoms. The Bertz CT molecular complexity index is 432. The molecule has 16 heavy (non-hydrogen) atoms. The normalized spacial score (nSPS) is 22.6. The summed E-state index contributed by atoms with van der Waals surface area (Å²) >= 11 is 0. The molecule has 1 aromatic rings. The van der Waals surface area contributed by atoms with Crippen LogP contribution in [0.3, 0.4) is 0 Å². The molecule has 2 aliphatic carbocycles. The van der Waals surface area contributed by atoms with Crippen molar-refractivity contribution in [3.05, 3.63) is 33.9 Å². The fourth-order valence-corrected chi connectivity index (χ4v) is 3.56. The Kier molecular flexibility index (Phi) is 2.32. The van der Waals surface area contributed by atoms with Crippen LogP contribution in [0.4, 0.5) is 0 Å². The third-order valence-electron chi connectivity index (χ3n) is 4.19. The van der Waals surface area contributed by atoms with Crippen molar-refractivity contribution in [3.8, 4) is 0 Å². The highest BCUT2D eigenvalue weighted by Gasteiger charge is 2.29. The van der Waals surface area contributed by atoms with Gasteiger partial charge in [0.25, 0.3) is 0 Å². The molecular formula is C15H20O. The summed E-state index contributed by atoms with van der Waals surface area (Å²) in [4.78, 5) is 0. The summed E-state index contributed by atoms with van der Waals surface area (Å²) in [5, 5.41) is 10.0. The Morgan fingerprint density at radius 3 is 2.75 bits per heavy atom. The highest BCUT2D eigenvalue weighted by molar-refractivity contribution is 5.52. The van der Waals surface area contributed by atoms with Gasteiger partial charge in [-0.3, -0.25) is 0 Å². The number of hydrogen-bond donors (Lipinski definition) is 1. The van der Waals surface area contributed by atoms with Gasteiger partial charge < -0.3 is 5.11 Å². The van der Waals surface area contributed by atoms with E-state index in [1.165, 1.54) is 36.0 Å². The fraction of sp³-hybridized carbons (Fsp3) is 0.600. The summed E-state index contributed by atoms with van der Waals surface area (Å²) in [6, 6.07) is 2.29.